The van der Waals surface area contributed by atoms with Gasteiger partial charge in [-0.1, -0.05) is 15.9 Å². The first-order valence-electron chi connectivity index (χ1n) is 4.74. The fourth-order valence-electron chi connectivity index (χ4n) is 1.40. The molecule has 2 rings (SSSR count). The summed E-state index contributed by atoms with van der Waals surface area (Å²) in [5, 5.41) is 12.3. The van der Waals surface area contributed by atoms with Crippen molar-refractivity contribution >= 4 is 15.9 Å². The molecule has 0 spiro atoms. The van der Waals surface area contributed by atoms with Gasteiger partial charge in [0, 0.05) is 10.7 Å². The third-order valence-corrected chi connectivity index (χ3v) is 2.70. The van der Waals surface area contributed by atoms with Gasteiger partial charge in [0.15, 0.2) is 5.69 Å². The maximum Gasteiger partial charge on any atom is 0.435 e. The highest BCUT2D eigenvalue weighted by Gasteiger charge is 2.33. The first-order valence-corrected chi connectivity index (χ1v) is 5.54. The molecule has 0 saturated carbocycles. The molecule has 1 aromatic heterocycles. The van der Waals surface area contributed by atoms with E-state index in [1.165, 1.54) is 18.3 Å². The monoisotopic (exact) mass is 315 g/mol. The summed E-state index contributed by atoms with van der Waals surface area (Å²) in [6.07, 6.45) is -3.32. The van der Waals surface area contributed by atoms with Crippen LogP contribution in [0.2, 0.25) is 0 Å². The Balaban J connectivity index is 2.53. The van der Waals surface area contributed by atoms with E-state index >= 15 is 0 Å². The molecule has 0 N–H and O–H groups in total. The number of rotatable bonds is 1. The molecule has 1 heterocycles. The van der Waals surface area contributed by atoms with Gasteiger partial charge < -0.3 is 0 Å². The van der Waals surface area contributed by atoms with Crippen molar-refractivity contribution < 1.29 is 13.2 Å². The number of alkyl halides is 3. The van der Waals surface area contributed by atoms with Crippen LogP contribution in [-0.2, 0) is 6.18 Å². The van der Waals surface area contributed by atoms with E-state index < -0.39 is 11.9 Å². The molecule has 3 nitrogen and oxygen atoms in total. The number of benzene rings is 1. The first-order chi connectivity index (χ1) is 8.41. The van der Waals surface area contributed by atoms with Crippen LogP contribution in [0.3, 0.4) is 0 Å². The molecular weight excluding hydrogens is 311 g/mol. The average Bonchev–Trinajstić information content (AvgIpc) is 2.77. The van der Waals surface area contributed by atoms with Crippen LogP contribution in [0.1, 0.15) is 11.3 Å². The van der Waals surface area contributed by atoms with Crippen LogP contribution in [0.25, 0.3) is 5.69 Å². The standard InChI is InChI=1S/C11H5BrF3N3/c12-8-2-1-7(6-16)9(5-8)18-4-3-10(17-18)11(13,14)15/h1-5H. The summed E-state index contributed by atoms with van der Waals surface area (Å²) in [6, 6.07) is 7.45. The van der Waals surface area contributed by atoms with Crippen molar-refractivity contribution in [2.24, 2.45) is 0 Å². The molecule has 18 heavy (non-hydrogen) atoms. The Morgan fingerprint density at radius 1 is 1.28 bits per heavy atom. The number of halogens is 4. The van der Waals surface area contributed by atoms with Gasteiger partial charge in [-0.2, -0.15) is 23.5 Å². The molecule has 0 aliphatic heterocycles. The van der Waals surface area contributed by atoms with Crippen molar-refractivity contribution in [3.05, 3.63) is 46.2 Å². The lowest BCUT2D eigenvalue weighted by atomic mass is 10.2. The van der Waals surface area contributed by atoms with Crippen LogP contribution in [0, 0.1) is 11.3 Å². The predicted octanol–water partition coefficient (Wildman–Crippen LogP) is 3.53. The molecule has 0 amide bonds. The fourth-order valence-corrected chi connectivity index (χ4v) is 1.75. The SMILES string of the molecule is N#Cc1ccc(Br)cc1-n1ccc(C(F)(F)F)n1. The van der Waals surface area contributed by atoms with E-state index in [2.05, 4.69) is 21.0 Å². The molecular formula is C11H5BrF3N3. The minimum atomic E-state index is -4.50. The number of aromatic nitrogens is 2. The number of nitrogens with zero attached hydrogens (tertiary/aromatic N) is 3. The molecule has 0 atom stereocenters. The van der Waals surface area contributed by atoms with Gasteiger partial charge in [-0.25, -0.2) is 4.68 Å². The third kappa shape index (κ3) is 2.38. The molecule has 0 fully saturated rings. The molecule has 0 aliphatic carbocycles. The Hall–Kier alpha value is -1.81. The lowest BCUT2D eigenvalue weighted by molar-refractivity contribution is -0.141. The van der Waals surface area contributed by atoms with Crippen LogP contribution in [-0.4, -0.2) is 9.78 Å². The van der Waals surface area contributed by atoms with Crippen molar-refractivity contribution in [2.45, 2.75) is 6.18 Å². The highest BCUT2D eigenvalue weighted by atomic mass is 79.9. The summed E-state index contributed by atoms with van der Waals surface area (Å²) in [7, 11) is 0. The second-order valence-electron chi connectivity index (χ2n) is 3.42. The largest absolute Gasteiger partial charge is 0.435 e. The van der Waals surface area contributed by atoms with Gasteiger partial charge in [0.2, 0.25) is 0 Å². The van der Waals surface area contributed by atoms with Crippen molar-refractivity contribution in [3.63, 3.8) is 0 Å². The van der Waals surface area contributed by atoms with E-state index in [1.807, 2.05) is 6.07 Å². The van der Waals surface area contributed by atoms with Gasteiger partial charge in [0.05, 0.1) is 11.3 Å². The Kier molecular flexibility index (Phi) is 3.13. The van der Waals surface area contributed by atoms with Crippen LogP contribution >= 0.6 is 15.9 Å². The Morgan fingerprint density at radius 2 is 2.00 bits per heavy atom. The molecule has 1 aromatic carbocycles. The summed E-state index contributed by atoms with van der Waals surface area (Å²) < 4.78 is 39.0. The minimum Gasteiger partial charge on any atom is -0.239 e. The fraction of sp³-hybridized carbons (Fsp3) is 0.0909. The summed E-state index contributed by atoms with van der Waals surface area (Å²) in [4.78, 5) is 0. The van der Waals surface area contributed by atoms with Crippen molar-refractivity contribution in [1.82, 2.24) is 9.78 Å². The highest BCUT2D eigenvalue weighted by Crippen LogP contribution is 2.28. The van der Waals surface area contributed by atoms with Gasteiger partial charge in [0.1, 0.15) is 6.07 Å². The van der Waals surface area contributed by atoms with Crippen LogP contribution in [0.5, 0.6) is 0 Å². The zero-order chi connectivity index (χ0) is 13.3. The Labute approximate surface area is 109 Å². The normalized spacial score (nSPS) is 11.3. The van der Waals surface area contributed by atoms with Crippen LogP contribution in [0.4, 0.5) is 13.2 Å². The first kappa shape index (κ1) is 12.6. The maximum atomic E-state index is 12.4. The van der Waals surface area contributed by atoms with E-state index in [1.54, 1.807) is 6.07 Å². The van der Waals surface area contributed by atoms with Gasteiger partial charge >= 0.3 is 6.18 Å². The molecule has 92 valence electrons. The van der Waals surface area contributed by atoms with Gasteiger partial charge in [0.25, 0.3) is 0 Å². The summed E-state index contributed by atoms with van der Waals surface area (Å²) in [5.41, 5.74) is -0.455. The quantitative estimate of drug-likeness (QED) is 0.808. The number of hydrogen-bond donors (Lipinski definition) is 0. The molecule has 0 bridgehead atoms. The van der Waals surface area contributed by atoms with Crippen molar-refractivity contribution in [2.75, 3.05) is 0 Å². The number of nitriles is 1. The van der Waals surface area contributed by atoms with E-state index in [0.717, 1.165) is 10.7 Å². The molecule has 0 unspecified atom stereocenters. The number of hydrogen-bond acceptors (Lipinski definition) is 2. The van der Waals surface area contributed by atoms with E-state index in [-0.39, 0.29) is 5.56 Å². The zero-order valence-electron chi connectivity index (χ0n) is 8.74. The second kappa shape index (κ2) is 4.46. The molecule has 2 aromatic rings. The Bertz CT molecular complexity index is 625. The summed E-state index contributed by atoms with van der Waals surface area (Å²) in [6.45, 7) is 0. The van der Waals surface area contributed by atoms with E-state index in [4.69, 9.17) is 5.26 Å². The van der Waals surface area contributed by atoms with Crippen LogP contribution < -0.4 is 0 Å². The average molecular weight is 316 g/mol. The maximum absolute atomic E-state index is 12.4. The molecule has 0 aliphatic rings. The lowest BCUT2D eigenvalue weighted by Gasteiger charge is -2.05. The van der Waals surface area contributed by atoms with Crippen molar-refractivity contribution in [1.29, 1.82) is 5.26 Å². The molecule has 0 saturated heterocycles. The van der Waals surface area contributed by atoms with Crippen LogP contribution in [0.15, 0.2) is 34.9 Å². The molecule has 0 radical (unpaired) electrons. The minimum absolute atomic E-state index is 0.245. The van der Waals surface area contributed by atoms with Gasteiger partial charge in [-0.3, -0.25) is 0 Å². The van der Waals surface area contributed by atoms with Gasteiger partial charge in [-0.05, 0) is 24.3 Å². The molecule has 7 heteroatoms. The smallest absolute Gasteiger partial charge is 0.239 e. The topological polar surface area (TPSA) is 41.6 Å². The second-order valence-corrected chi connectivity index (χ2v) is 4.33. The predicted molar refractivity (Wildman–Crippen MR) is 61.0 cm³/mol. The summed E-state index contributed by atoms with van der Waals surface area (Å²) >= 11 is 3.20. The highest BCUT2D eigenvalue weighted by molar-refractivity contribution is 9.10. The third-order valence-electron chi connectivity index (χ3n) is 2.21. The lowest BCUT2D eigenvalue weighted by Crippen LogP contribution is -2.07. The Morgan fingerprint density at radius 3 is 2.56 bits per heavy atom. The zero-order valence-corrected chi connectivity index (χ0v) is 10.3. The van der Waals surface area contributed by atoms with E-state index in [0.29, 0.717) is 10.2 Å². The van der Waals surface area contributed by atoms with Gasteiger partial charge in [-0.15, -0.1) is 0 Å². The summed E-state index contributed by atoms with van der Waals surface area (Å²) in [5.74, 6) is 0. The van der Waals surface area contributed by atoms with E-state index in [9.17, 15) is 13.2 Å². The van der Waals surface area contributed by atoms with Crippen molar-refractivity contribution in [3.8, 4) is 11.8 Å².